The number of carbonyl (C=O) groups is 1. The van der Waals surface area contributed by atoms with Gasteiger partial charge in [-0.25, -0.2) is 0 Å². The normalized spacial score (nSPS) is 18.1. The number of ether oxygens (including phenoxy) is 13. The summed E-state index contributed by atoms with van der Waals surface area (Å²) >= 11 is 0. The molecule has 25 heteroatoms. The molecule has 9 N–H and O–H groups in total. The smallest absolute Gasteiger partial charge is 0.305 e. The number of unbranched alkanes of at least 4 members (excludes halogenated alkanes) is 20. The SMILES string of the molecule is CCCCCCCCC=CCCCCCCCC(=O)OCC(CO)OCC(O)COCC(COCC(COCC(O)COCC(O)CO)OC(COCC(O)C[N+](C)(C)C)COCC1COCC(CO)O1)OCC(O)COCC(O)C[N+](C)(C)CCCCCCCCCCCC. The lowest BCUT2D eigenvalue weighted by Crippen LogP contribution is -2.47. The maximum atomic E-state index is 12.6. The van der Waals surface area contributed by atoms with Crippen LogP contribution in [0.2, 0.25) is 0 Å². The van der Waals surface area contributed by atoms with Crippen LogP contribution in [0.3, 0.4) is 0 Å². The quantitative estimate of drug-likeness (QED) is 0.0170. The molecule has 0 aromatic carbocycles. The van der Waals surface area contributed by atoms with E-state index in [4.69, 9.17) is 66.7 Å². The fourth-order valence-corrected chi connectivity index (χ4v) is 10.8. The Bertz CT molecular complexity index is 1740. The minimum Gasteiger partial charge on any atom is -0.463 e. The first-order chi connectivity index (χ1) is 46.2. The zero-order valence-corrected chi connectivity index (χ0v) is 60.9. The van der Waals surface area contributed by atoms with Gasteiger partial charge in [0, 0.05) is 6.42 Å². The number of nitrogens with zero attached hydrogens (tertiary/aromatic N) is 2. The summed E-state index contributed by atoms with van der Waals surface area (Å²) < 4.78 is 77.6. The van der Waals surface area contributed by atoms with Gasteiger partial charge in [0.05, 0.1) is 181 Å². The van der Waals surface area contributed by atoms with E-state index in [2.05, 4.69) is 40.1 Å². The van der Waals surface area contributed by atoms with Gasteiger partial charge in [-0.2, -0.15) is 0 Å². The first kappa shape index (κ1) is 92.3. The maximum absolute atomic E-state index is 12.6. The lowest BCUT2D eigenvalue weighted by atomic mass is 10.1. The number of aliphatic hydroxyl groups excluding tert-OH is 9. The Morgan fingerprint density at radius 3 is 1.33 bits per heavy atom. The molecule has 0 amide bonds. The van der Waals surface area contributed by atoms with Gasteiger partial charge >= 0.3 is 5.97 Å². The molecule has 1 rings (SSSR count). The molecule has 96 heavy (non-hydrogen) atoms. The van der Waals surface area contributed by atoms with E-state index < -0.39 is 86.5 Å². The van der Waals surface area contributed by atoms with Crippen molar-refractivity contribution in [3.63, 3.8) is 0 Å². The summed E-state index contributed by atoms with van der Waals surface area (Å²) in [5, 5.41) is 92.9. The van der Waals surface area contributed by atoms with Gasteiger partial charge < -0.3 is 117 Å². The van der Waals surface area contributed by atoms with Crippen molar-refractivity contribution >= 4 is 5.97 Å². The molecule has 25 nitrogen and oxygen atoms in total. The van der Waals surface area contributed by atoms with Crippen molar-refractivity contribution in [1.82, 2.24) is 0 Å². The summed E-state index contributed by atoms with van der Waals surface area (Å²) in [6, 6.07) is 0. The predicted octanol–water partition coefficient (Wildman–Crippen LogP) is 4.84. The van der Waals surface area contributed by atoms with Crippen molar-refractivity contribution in [2.75, 3.05) is 200 Å². The van der Waals surface area contributed by atoms with Crippen LogP contribution in [0.15, 0.2) is 12.2 Å². The van der Waals surface area contributed by atoms with Crippen LogP contribution in [0.25, 0.3) is 0 Å². The number of likely N-dealkylation sites (N-methyl/N-ethyl adjacent to an activating group) is 2. The Balaban J connectivity index is 3.03. The fraction of sp³-hybridized carbons (Fsp3) is 0.958. The minimum absolute atomic E-state index is 0.00350. The summed E-state index contributed by atoms with van der Waals surface area (Å²) in [6.45, 7) is 3.75. The highest BCUT2D eigenvalue weighted by molar-refractivity contribution is 5.69. The van der Waals surface area contributed by atoms with Crippen molar-refractivity contribution in [1.29, 1.82) is 0 Å². The van der Waals surface area contributed by atoms with E-state index in [9.17, 15) is 45.6 Å². The Labute approximate surface area is 578 Å². The number of carbonyl (C=O) groups excluding carboxylic acids is 1. The summed E-state index contributed by atoms with van der Waals surface area (Å²) in [5.74, 6) is -0.378. The largest absolute Gasteiger partial charge is 0.463 e. The molecule has 1 aliphatic rings. The van der Waals surface area contributed by atoms with Crippen LogP contribution >= 0.6 is 0 Å². The number of hydrogen-bond acceptors (Lipinski definition) is 23. The molecule has 12 atom stereocenters. The summed E-state index contributed by atoms with van der Waals surface area (Å²) in [4.78, 5) is 12.6. The van der Waals surface area contributed by atoms with E-state index in [0.717, 1.165) is 57.9 Å². The molecule has 572 valence electrons. The van der Waals surface area contributed by atoms with Crippen LogP contribution in [0.4, 0.5) is 0 Å². The molecule has 0 bridgehead atoms. The van der Waals surface area contributed by atoms with E-state index in [1.807, 2.05) is 21.1 Å². The van der Waals surface area contributed by atoms with Crippen LogP contribution in [-0.2, 0) is 66.4 Å². The highest BCUT2D eigenvalue weighted by Gasteiger charge is 2.27. The number of aliphatic hydroxyl groups is 9. The van der Waals surface area contributed by atoms with Crippen molar-refractivity contribution in [3.8, 4) is 0 Å². The Morgan fingerprint density at radius 1 is 0.427 bits per heavy atom. The summed E-state index contributed by atoms with van der Waals surface area (Å²) in [5.41, 5.74) is 0. The third-order valence-corrected chi connectivity index (χ3v) is 16.0. The number of quaternary nitrogens is 2. The Morgan fingerprint density at radius 2 is 0.833 bits per heavy atom. The molecule has 0 radical (unpaired) electrons. The molecule has 1 heterocycles. The van der Waals surface area contributed by atoms with Crippen molar-refractivity contribution < 1.29 is 121 Å². The lowest BCUT2D eigenvalue weighted by molar-refractivity contribution is -0.893. The first-order valence-electron chi connectivity index (χ1n) is 36.7. The monoisotopic (exact) mass is 1390 g/mol. The van der Waals surface area contributed by atoms with Gasteiger partial charge in [-0.05, 0) is 44.9 Å². The van der Waals surface area contributed by atoms with Crippen LogP contribution in [0.1, 0.15) is 168 Å². The second-order valence-corrected chi connectivity index (χ2v) is 28.0. The number of allylic oxidation sites excluding steroid dienone is 2. The van der Waals surface area contributed by atoms with Gasteiger partial charge in [0.25, 0.3) is 0 Å². The molecule has 0 saturated carbocycles. The van der Waals surface area contributed by atoms with E-state index >= 15 is 0 Å². The van der Waals surface area contributed by atoms with Gasteiger partial charge in [0.2, 0.25) is 0 Å². The van der Waals surface area contributed by atoms with Gasteiger partial charge in [0.15, 0.2) is 0 Å². The average Bonchev–Trinajstić information content (AvgIpc) is 1.33. The molecule has 1 saturated heterocycles. The standard InChI is InChI=1S/C71H142N2O23/c1-8-10-12-14-16-18-20-21-22-23-24-25-27-29-31-33-71(83)94-58-65(38-75)92-47-64(82)46-87-50-67(93-48-63(81)45-84-41-60(78)36-73(6,7)34-32-30-28-26-19-17-15-13-11-9-2)51-90-56-70(53-88-44-62(80)43-85-42-61(79)37-74)96-69(52-86-40-59(77)35-72(3,4)5)57-91-55-68-54-89-49-66(39-76)95-68/h21-22,59-70,74-82H,8-20,23-58H2,1-7H3/q+2. The van der Waals surface area contributed by atoms with Gasteiger partial charge in [0.1, 0.15) is 92.9 Å². The van der Waals surface area contributed by atoms with Crippen molar-refractivity contribution in [3.05, 3.63) is 12.2 Å². The highest BCUT2D eigenvalue weighted by Crippen LogP contribution is 2.16. The molecule has 1 fully saturated rings. The molecule has 1 aliphatic heterocycles. The average molecular weight is 1390 g/mol. The number of esters is 1. The lowest BCUT2D eigenvalue weighted by Gasteiger charge is -2.32. The van der Waals surface area contributed by atoms with Gasteiger partial charge in [-0.1, -0.05) is 129 Å². The summed E-state index contributed by atoms with van der Waals surface area (Å²) in [7, 11) is 10.1. The van der Waals surface area contributed by atoms with Crippen molar-refractivity contribution in [2.24, 2.45) is 0 Å². The van der Waals surface area contributed by atoms with E-state index in [0.29, 0.717) is 28.5 Å². The molecule has 0 spiro atoms. The van der Waals surface area contributed by atoms with E-state index in [1.165, 1.54) is 89.9 Å². The third-order valence-electron chi connectivity index (χ3n) is 16.0. The zero-order chi connectivity index (χ0) is 70.8. The molecule has 0 aromatic rings. The number of hydrogen-bond donors (Lipinski definition) is 9. The van der Waals surface area contributed by atoms with Crippen LogP contribution < -0.4 is 0 Å². The fourth-order valence-electron chi connectivity index (χ4n) is 10.8. The second kappa shape index (κ2) is 61.9. The Hall–Kier alpha value is -1.71. The molecular formula is C71H142N2O23+2. The molecular weight excluding hydrogens is 1250 g/mol. The van der Waals surface area contributed by atoms with Crippen LogP contribution in [-0.4, -0.2) is 334 Å². The topological polar surface area (TPSA) is 319 Å². The van der Waals surface area contributed by atoms with Gasteiger partial charge in [-0.15, -0.1) is 0 Å². The minimum atomic E-state index is -1.16. The predicted molar refractivity (Wildman–Crippen MR) is 368 cm³/mol. The van der Waals surface area contributed by atoms with Gasteiger partial charge in [-0.3, -0.25) is 4.79 Å². The van der Waals surface area contributed by atoms with E-state index in [-0.39, 0.29) is 145 Å². The van der Waals surface area contributed by atoms with Crippen LogP contribution in [0.5, 0.6) is 0 Å². The Kier molecular flexibility index (Phi) is 59.5. The van der Waals surface area contributed by atoms with E-state index in [1.54, 1.807) is 0 Å². The molecule has 0 aliphatic carbocycles. The third kappa shape index (κ3) is 57.9. The van der Waals surface area contributed by atoms with Crippen LogP contribution in [0, 0.1) is 0 Å². The highest BCUT2D eigenvalue weighted by atomic mass is 16.6. The maximum Gasteiger partial charge on any atom is 0.305 e. The van der Waals surface area contributed by atoms with Crippen molar-refractivity contribution in [2.45, 2.75) is 241 Å². The first-order valence-corrected chi connectivity index (χ1v) is 36.7. The second-order valence-electron chi connectivity index (χ2n) is 28.0. The summed E-state index contributed by atoms with van der Waals surface area (Å²) in [6.07, 6.45) is 22.1. The number of rotatable bonds is 71. The zero-order valence-electron chi connectivity index (χ0n) is 60.9. The molecule has 0 aromatic heterocycles. The molecule has 12 unspecified atom stereocenters.